The Kier molecular flexibility index (Phi) is 3.86. The van der Waals surface area contributed by atoms with E-state index in [-0.39, 0.29) is 18.4 Å². The van der Waals surface area contributed by atoms with Crippen LogP contribution in [0.1, 0.15) is 25.5 Å². The van der Waals surface area contributed by atoms with Crippen molar-refractivity contribution in [2.24, 2.45) is 5.92 Å². The summed E-state index contributed by atoms with van der Waals surface area (Å²) < 4.78 is 26.7. The number of nitrogens with zero attached hydrogens (tertiary/aromatic N) is 3. The normalized spacial score (nSPS) is 20.6. The molecule has 0 N–H and O–H groups in total. The topological polar surface area (TPSA) is 29.0 Å². The molecule has 3 nitrogen and oxygen atoms in total. The SMILES string of the molecule is CCc1ncnc(N2CCCC(CF)C2)c1F. The number of hydrogen-bond acceptors (Lipinski definition) is 3. The molecule has 0 saturated carbocycles. The van der Waals surface area contributed by atoms with Gasteiger partial charge in [0.2, 0.25) is 0 Å². The molecule has 0 spiro atoms. The van der Waals surface area contributed by atoms with Gasteiger partial charge in [-0.25, -0.2) is 14.4 Å². The molecule has 94 valence electrons. The maximum atomic E-state index is 14.0. The van der Waals surface area contributed by atoms with Gasteiger partial charge in [0.05, 0.1) is 12.4 Å². The van der Waals surface area contributed by atoms with E-state index in [9.17, 15) is 8.78 Å². The highest BCUT2D eigenvalue weighted by Gasteiger charge is 2.24. The van der Waals surface area contributed by atoms with E-state index in [0.29, 0.717) is 24.5 Å². The molecule has 1 unspecified atom stereocenters. The van der Waals surface area contributed by atoms with Crippen LogP contribution in [0.2, 0.25) is 0 Å². The molecule has 1 atom stereocenters. The van der Waals surface area contributed by atoms with Gasteiger partial charge in [-0.2, -0.15) is 0 Å². The van der Waals surface area contributed by atoms with Crippen molar-refractivity contribution in [1.29, 1.82) is 0 Å². The minimum Gasteiger partial charge on any atom is -0.354 e. The van der Waals surface area contributed by atoms with E-state index in [4.69, 9.17) is 0 Å². The monoisotopic (exact) mass is 241 g/mol. The van der Waals surface area contributed by atoms with Crippen molar-refractivity contribution < 1.29 is 8.78 Å². The van der Waals surface area contributed by atoms with Gasteiger partial charge in [-0.1, -0.05) is 6.92 Å². The molecule has 1 aliphatic rings. The summed E-state index contributed by atoms with van der Waals surface area (Å²) in [5.74, 6) is -0.0206. The number of aromatic nitrogens is 2. The lowest BCUT2D eigenvalue weighted by molar-refractivity contribution is 0.314. The summed E-state index contributed by atoms with van der Waals surface area (Å²) in [6.07, 6.45) is 3.69. The van der Waals surface area contributed by atoms with E-state index in [0.717, 1.165) is 19.4 Å². The molecule has 5 heteroatoms. The van der Waals surface area contributed by atoms with E-state index in [1.165, 1.54) is 6.33 Å². The van der Waals surface area contributed by atoms with Crippen molar-refractivity contribution in [1.82, 2.24) is 9.97 Å². The van der Waals surface area contributed by atoms with E-state index in [1.807, 2.05) is 11.8 Å². The summed E-state index contributed by atoms with van der Waals surface area (Å²) in [6.45, 7) is 2.81. The highest BCUT2D eigenvalue weighted by molar-refractivity contribution is 5.41. The van der Waals surface area contributed by atoms with Gasteiger partial charge >= 0.3 is 0 Å². The Hall–Kier alpha value is -1.26. The van der Waals surface area contributed by atoms with Gasteiger partial charge in [0.25, 0.3) is 0 Å². The molecular weight excluding hydrogens is 224 g/mol. The van der Waals surface area contributed by atoms with Crippen molar-refractivity contribution in [2.45, 2.75) is 26.2 Å². The van der Waals surface area contributed by atoms with Crippen molar-refractivity contribution >= 4 is 5.82 Å². The van der Waals surface area contributed by atoms with E-state index in [1.54, 1.807) is 0 Å². The lowest BCUT2D eigenvalue weighted by Gasteiger charge is -2.32. The molecule has 0 radical (unpaired) electrons. The third-order valence-corrected chi connectivity index (χ3v) is 3.21. The minimum atomic E-state index is -0.352. The lowest BCUT2D eigenvalue weighted by atomic mass is 9.99. The maximum Gasteiger partial charge on any atom is 0.187 e. The van der Waals surface area contributed by atoms with Gasteiger partial charge in [-0.15, -0.1) is 0 Å². The number of anilines is 1. The Balaban J connectivity index is 2.21. The van der Waals surface area contributed by atoms with Crippen LogP contribution in [0.25, 0.3) is 0 Å². The molecule has 0 aromatic carbocycles. The largest absolute Gasteiger partial charge is 0.354 e. The zero-order chi connectivity index (χ0) is 12.3. The third kappa shape index (κ3) is 2.53. The minimum absolute atomic E-state index is 0.00296. The summed E-state index contributed by atoms with van der Waals surface area (Å²) in [5.41, 5.74) is 0.428. The Morgan fingerprint density at radius 1 is 1.47 bits per heavy atom. The van der Waals surface area contributed by atoms with Gasteiger partial charge in [-0.05, 0) is 19.3 Å². The van der Waals surface area contributed by atoms with E-state index < -0.39 is 0 Å². The molecular formula is C12H17F2N3. The van der Waals surface area contributed by atoms with Crippen LogP contribution in [0.15, 0.2) is 6.33 Å². The van der Waals surface area contributed by atoms with Crippen LogP contribution in [-0.2, 0) is 6.42 Å². The van der Waals surface area contributed by atoms with Gasteiger partial charge in [-0.3, -0.25) is 4.39 Å². The maximum absolute atomic E-state index is 14.0. The predicted octanol–water partition coefficient (Wildman–Crippen LogP) is 2.36. The number of alkyl halides is 1. The molecule has 1 aromatic heterocycles. The molecule has 0 amide bonds. The molecule has 1 aromatic rings. The van der Waals surface area contributed by atoms with Crippen molar-refractivity contribution in [3.05, 3.63) is 17.8 Å². The number of halogens is 2. The van der Waals surface area contributed by atoms with E-state index >= 15 is 0 Å². The second-order valence-corrected chi connectivity index (χ2v) is 4.42. The molecule has 0 aliphatic carbocycles. The second-order valence-electron chi connectivity index (χ2n) is 4.42. The van der Waals surface area contributed by atoms with Gasteiger partial charge in [0.1, 0.15) is 6.33 Å². The summed E-state index contributed by atoms with van der Waals surface area (Å²) in [5, 5.41) is 0. The number of rotatable bonds is 3. The highest BCUT2D eigenvalue weighted by atomic mass is 19.1. The van der Waals surface area contributed by atoms with Crippen LogP contribution in [0, 0.1) is 11.7 Å². The molecule has 1 aliphatic heterocycles. The summed E-state index contributed by atoms with van der Waals surface area (Å²) >= 11 is 0. The quantitative estimate of drug-likeness (QED) is 0.813. The second kappa shape index (κ2) is 5.38. The predicted molar refractivity (Wildman–Crippen MR) is 62.3 cm³/mol. The molecule has 1 fully saturated rings. The van der Waals surface area contributed by atoms with Crippen molar-refractivity contribution in [3.8, 4) is 0 Å². The highest BCUT2D eigenvalue weighted by Crippen LogP contribution is 2.24. The fourth-order valence-corrected chi connectivity index (χ4v) is 2.25. The summed E-state index contributed by atoms with van der Waals surface area (Å²) in [6, 6.07) is 0. The van der Waals surface area contributed by atoms with E-state index in [2.05, 4.69) is 9.97 Å². The van der Waals surface area contributed by atoms with Gasteiger partial charge in [0.15, 0.2) is 11.6 Å². The first-order valence-electron chi connectivity index (χ1n) is 6.06. The zero-order valence-electron chi connectivity index (χ0n) is 9.99. The Morgan fingerprint density at radius 3 is 3.00 bits per heavy atom. The van der Waals surface area contributed by atoms with Crippen LogP contribution in [0.3, 0.4) is 0 Å². The molecule has 17 heavy (non-hydrogen) atoms. The first kappa shape index (κ1) is 12.2. The first-order valence-corrected chi connectivity index (χ1v) is 6.06. The average molecular weight is 241 g/mol. The van der Waals surface area contributed by atoms with Crippen LogP contribution in [0.5, 0.6) is 0 Å². The Labute approximate surface area is 99.9 Å². The van der Waals surface area contributed by atoms with Crippen LogP contribution in [0.4, 0.5) is 14.6 Å². The summed E-state index contributed by atoms with van der Waals surface area (Å²) in [7, 11) is 0. The lowest BCUT2D eigenvalue weighted by Crippen LogP contribution is -2.37. The smallest absolute Gasteiger partial charge is 0.187 e. The van der Waals surface area contributed by atoms with Crippen LogP contribution >= 0.6 is 0 Å². The zero-order valence-corrected chi connectivity index (χ0v) is 9.99. The Bertz CT molecular complexity index is 384. The molecule has 2 rings (SSSR count). The van der Waals surface area contributed by atoms with Crippen molar-refractivity contribution in [3.63, 3.8) is 0 Å². The van der Waals surface area contributed by atoms with Crippen LogP contribution < -0.4 is 4.90 Å². The fraction of sp³-hybridized carbons (Fsp3) is 0.667. The molecule has 0 bridgehead atoms. The standard InChI is InChI=1S/C12H17F2N3/c1-2-10-11(14)12(16-8-15-10)17-5-3-4-9(6-13)7-17/h8-9H,2-7H2,1H3. The Morgan fingerprint density at radius 2 is 2.29 bits per heavy atom. The number of piperidine rings is 1. The number of aryl methyl sites for hydroxylation is 1. The van der Waals surface area contributed by atoms with Crippen molar-refractivity contribution in [2.75, 3.05) is 24.7 Å². The van der Waals surface area contributed by atoms with Gasteiger partial charge in [0, 0.05) is 19.0 Å². The fourth-order valence-electron chi connectivity index (χ4n) is 2.25. The van der Waals surface area contributed by atoms with Gasteiger partial charge < -0.3 is 4.90 Å². The number of hydrogen-bond donors (Lipinski definition) is 0. The van der Waals surface area contributed by atoms with Crippen LogP contribution in [-0.4, -0.2) is 29.7 Å². The first-order chi connectivity index (χ1) is 8.26. The summed E-state index contributed by atoms with van der Waals surface area (Å²) in [4.78, 5) is 9.74. The third-order valence-electron chi connectivity index (χ3n) is 3.21. The molecule has 2 heterocycles. The molecule has 1 saturated heterocycles. The average Bonchev–Trinajstić information content (AvgIpc) is 2.39.